The van der Waals surface area contributed by atoms with Gasteiger partial charge in [0.05, 0.1) is 6.10 Å². The van der Waals surface area contributed by atoms with E-state index in [1.54, 1.807) is 0 Å². The summed E-state index contributed by atoms with van der Waals surface area (Å²) in [5.41, 5.74) is 0.212. The third-order valence-electron chi connectivity index (χ3n) is 4.69. The molecule has 2 aliphatic rings. The number of aliphatic imine (C=N–C) groups is 1. The minimum absolute atomic E-state index is 0.194. The van der Waals surface area contributed by atoms with E-state index in [2.05, 4.69) is 6.21 Å². The Morgan fingerprint density at radius 1 is 1.11 bits per heavy atom. The molecule has 104 valence electrons. The van der Waals surface area contributed by atoms with Gasteiger partial charge in [0, 0.05) is 17.7 Å². The first-order chi connectivity index (χ1) is 8.70. The molecule has 1 unspecified atom stereocenters. The molecule has 2 aliphatic carbocycles. The predicted molar refractivity (Wildman–Crippen MR) is 77.2 cm³/mol. The number of hydrogen-bond donors (Lipinski definition) is 1. The van der Waals surface area contributed by atoms with Crippen LogP contribution in [0, 0.1) is 5.41 Å². The fourth-order valence-corrected chi connectivity index (χ4v) is 3.72. The lowest BCUT2D eigenvalue weighted by Crippen LogP contribution is -2.30. The zero-order valence-corrected chi connectivity index (χ0v) is 11.9. The van der Waals surface area contributed by atoms with Gasteiger partial charge in [-0.05, 0) is 39.0 Å². The molecule has 0 heterocycles. The molecule has 1 atom stereocenters. The van der Waals surface area contributed by atoms with Crippen LogP contribution in [0.3, 0.4) is 0 Å². The normalized spacial score (nSPS) is 27.4. The molecule has 2 saturated carbocycles. The molecular weight excluding hydrogens is 222 g/mol. The highest BCUT2D eigenvalue weighted by atomic mass is 16.3. The first-order valence-corrected chi connectivity index (χ1v) is 7.93. The van der Waals surface area contributed by atoms with Gasteiger partial charge in [0.25, 0.3) is 0 Å². The molecule has 0 aromatic carbocycles. The van der Waals surface area contributed by atoms with Gasteiger partial charge in [-0.2, -0.15) is 0 Å². The second kappa shape index (κ2) is 6.70. The van der Waals surface area contributed by atoms with Crippen molar-refractivity contribution >= 4 is 6.21 Å². The van der Waals surface area contributed by atoms with Crippen molar-refractivity contribution in [2.24, 2.45) is 10.4 Å². The van der Waals surface area contributed by atoms with Crippen LogP contribution in [0.5, 0.6) is 0 Å². The molecule has 18 heavy (non-hydrogen) atoms. The van der Waals surface area contributed by atoms with Crippen molar-refractivity contribution < 1.29 is 5.11 Å². The fourth-order valence-electron chi connectivity index (χ4n) is 3.72. The Hall–Kier alpha value is -0.370. The molecule has 0 aromatic heterocycles. The van der Waals surface area contributed by atoms with Gasteiger partial charge >= 0.3 is 0 Å². The average Bonchev–Trinajstić information content (AvgIpc) is 2.38. The Morgan fingerprint density at radius 2 is 1.72 bits per heavy atom. The third kappa shape index (κ3) is 4.08. The molecule has 0 spiro atoms. The first kappa shape index (κ1) is 14.0. The molecule has 0 radical (unpaired) electrons. The standard InChI is InChI=1S/C16H29NO/c1-14(18)12-16(10-6-3-7-11-16)13-17-15-8-4-2-5-9-15/h13-15,18H,2-12H2,1H3. The van der Waals surface area contributed by atoms with E-state index in [9.17, 15) is 5.11 Å². The molecule has 2 nitrogen and oxygen atoms in total. The second-order valence-corrected chi connectivity index (χ2v) is 6.55. The summed E-state index contributed by atoms with van der Waals surface area (Å²) in [6.45, 7) is 1.92. The molecule has 0 aliphatic heterocycles. The number of aliphatic hydroxyl groups is 1. The van der Waals surface area contributed by atoms with Crippen LogP contribution in [0.15, 0.2) is 4.99 Å². The third-order valence-corrected chi connectivity index (χ3v) is 4.69. The van der Waals surface area contributed by atoms with Gasteiger partial charge in [0.1, 0.15) is 0 Å². The van der Waals surface area contributed by atoms with Gasteiger partial charge < -0.3 is 5.11 Å². The summed E-state index contributed by atoms with van der Waals surface area (Å²) in [5.74, 6) is 0. The average molecular weight is 251 g/mol. The molecule has 0 amide bonds. The van der Waals surface area contributed by atoms with E-state index in [0.29, 0.717) is 6.04 Å². The van der Waals surface area contributed by atoms with Crippen LogP contribution in [0.1, 0.15) is 77.6 Å². The second-order valence-electron chi connectivity index (χ2n) is 6.55. The van der Waals surface area contributed by atoms with Crippen molar-refractivity contribution in [2.45, 2.75) is 89.7 Å². The monoisotopic (exact) mass is 251 g/mol. The van der Waals surface area contributed by atoms with Gasteiger partial charge in [0.15, 0.2) is 0 Å². The molecule has 0 saturated heterocycles. The van der Waals surface area contributed by atoms with Crippen molar-refractivity contribution in [1.82, 2.24) is 0 Å². The van der Waals surface area contributed by atoms with Gasteiger partial charge in [-0.1, -0.05) is 38.5 Å². The Bertz CT molecular complexity index is 260. The molecule has 1 N–H and O–H groups in total. The van der Waals surface area contributed by atoms with Crippen molar-refractivity contribution in [3.63, 3.8) is 0 Å². The van der Waals surface area contributed by atoms with E-state index in [4.69, 9.17) is 4.99 Å². The molecular formula is C16H29NO. The lowest BCUT2D eigenvalue weighted by atomic mass is 9.71. The van der Waals surface area contributed by atoms with Gasteiger partial charge in [-0.15, -0.1) is 0 Å². The van der Waals surface area contributed by atoms with E-state index < -0.39 is 0 Å². The van der Waals surface area contributed by atoms with E-state index in [1.165, 1.54) is 64.2 Å². The Morgan fingerprint density at radius 3 is 2.33 bits per heavy atom. The highest BCUT2D eigenvalue weighted by Crippen LogP contribution is 2.39. The molecule has 2 fully saturated rings. The highest BCUT2D eigenvalue weighted by Gasteiger charge is 2.31. The summed E-state index contributed by atoms with van der Waals surface area (Å²) in [4.78, 5) is 4.90. The maximum absolute atomic E-state index is 9.75. The van der Waals surface area contributed by atoms with E-state index in [-0.39, 0.29) is 11.5 Å². The highest BCUT2D eigenvalue weighted by molar-refractivity contribution is 5.66. The number of hydrogen-bond acceptors (Lipinski definition) is 2. The van der Waals surface area contributed by atoms with Crippen molar-refractivity contribution in [3.05, 3.63) is 0 Å². The minimum atomic E-state index is -0.194. The number of aliphatic hydroxyl groups excluding tert-OH is 1. The zero-order chi connectivity index (χ0) is 12.8. The number of nitrogens with zero attached hydrogens (tertiary/aromatic N) is 1. The van der Waals surface area contributed by atoms with Crippen LogP contribution >= 0.6 is 0 Å². The van der Waals surface area contributed by atoms with Crippen molar-refractivity contribution in [1.29, 1.82) is 0 Å². The topological polar surface area (TPSA) is 32.6 Å². The molecule has 2 heteroatoms. The number of rotatable bonds is 4. The van der Waals surface area contributed by atoms with Crippen LogP contribution in [0.2, 0.25) is 0 Å². The lowest BCUT2D eigenvalue weighted by molar-refractivity contribution is 0.124. The summed E-state index contributed by atoms with van der Waals surface area (Å²) in [6.07, 6.45) is 16.1. The Balaban J connectivity index is 1.96. The smallest absolute Gasteiger partial charge is 0.0521 e. The van der Waals surface area contributed by atoms with Crippen LogP contribution < -0.4 is 0 Å². The summed E-state index contributed by atoms with van der Waals surface area (Å²) in [7, 11) is 0. The molecule has 2 rings (SSSR count). The summed E-state index contributed by atoms with van der Waals surface area (Å²) in [6, 6.07) is 0.576. The Kier molecular flexibility index (Phi) is 5.23. The van der Waals surface area contributed by atoms with E-state index in [0.717, 1.165) is 6.42 Å². The van der Waals surface area contributed by atoms with Gasteiger partial charge in [-0.3, -0.25) is 4.99 Å². The predicted octanol–water partition coefficient (Wildman–Crippen LogP) is 4.11. The zero-order valence-electron chi connectivity index (χ0n) is 11.9. The van der Waals surface area contributed by atoms with Gasteiger partial charge in [-0.25, -0.2) is 0 Å². The van der Waals surface area contributed by atoms with Crippen LogP contribution in [-0.2, 0) is 0 Å². The van der Waals surface area contributed by atoms with Crippen LogP contribution in [-0.4, -0.2) is 23.5 Å². The lowest BCUT2D eigenvalue weighted by Gasteiger charge is -2.35. The minimum Gasteiger partial charge on any atom is -0.393 e. The molecule has 0 bridgehead atoms. The maximum Gasteiger partial charge on any atom is 0.0521 e. The maximum atomic E-state index is 9.75. The largest absolute Gasteiger partial charge is 0.393 e. The summed E-state index contributed by atoms with van der Waals surface area (Å²) >= 11 is 0. The van der Waals surface area contributed by atoms with Crippen molar-refractivity contribution in [3.8, 4) is 0 Å². The SMILES string of the molecule is CC(O)CC1(C=NC2CCCCC2)CCCCC1. The van der Waals surface area contributed by atoms with Crippen LogP contribution in [0.4, 0.5) is 0 Å². The fraction of sp³-hybridized carbons (Fsp3) is 0.938. The van der Waals surface area contributed by atoms with Gasteiger partial charge in [0.2, 0.25) is 0 Å². The van der Waals surface area contributed by atoms with Crippen molar-refractivity contribution in [2.75, 3.05) is 0 Å². The quantitative estimate of drug-likeness (QED) is 0.749. The summed E-state index contributed by atoms with van der Waals surface area (Å²) < 4.78 is 0. The first-order valence-electron chi connectivity index (χ1n) is 7.93. The Labute approximate surface area is 112 Å². The van der Waals surface area contributed by atoms with E-state index >= 15 is 0 Å². The molecule has 0 aromatic rings. The van der Waals surface area contributed by atoms with Crippen LogP contribution in [0.25, 0.3) is 0 Å². The van der Waals surface area contributed by atoms with E-state index in [1.807, 2.05) is 6.92 Å². The summed E-state index contributed by atoms with van der Waals surface area (Å²) in [5, 5.41) is 9.75.